The molecule has 2 radical (unpaired) electrons. The highest BCUT2D eigenvalue weighted by atomic mass is 16.4. The highest BCUT2D eigenvalue weighted by molar-refractivity contribution is 5.70. The van der Waals surface area contributed by atoms with E-state index in [-0.39, 0.29) is 6.54 Å². The quantitative estimate of drug-likeness (QED) is 0.497. The van der Waals surface area contributed by atoms with Gasteiger partial charge in [0, 0.05) is 13.1 Å². The summed E-state index contributed by atoms with van der Waals surface area (Å²) >= 11 is 0. The number of hydrogen-bond acceptors (Lipinski definition) is 4. The second-order valence-electron chi connectivity index (χ2n) is 1.90. The number of rotatable bonds is 6. The van der Waals surface area contributed by atoms with Gasteiger partial charge in [0.25, 0.3) is 0 Å². The monoisotopic (exact) mass is 158 g/mol. The Morgan fingerprint density at radius 3 is 2.73 bits per heavy atom. The van der Waals surface area contributed by atoms with Crippen LogP contribution in [0.2, 0.25) is 0 Å². The van der Waals surface area contributed by atoms with Crippen LogP contribution >= 0.6 is 0 Å². The molecule has 0 atom stereocenters. The molecule has 0 aromatic rings. The molecule has 3 N–H and O–H groups in total. The molecular weight excluding hydrogens is 148 g/mol. The van der Waals surface area contributed by atoms with Crippen LogP contribution in [0.5, 0.6) is 0 Å². The van der Waals surface area contributed by atoms with E-state index < -0.39 is 5.97 Å². The van der Waals surface area contributed by atoms with Crippen LogP contribution in [0.3, 0.4) is 0 Å². The zero-order chi connectivity index (χ0) is 8.69. The molecule has 0 unspecified atom stereocenters. The van der Waals surface area contributed by atoms with Crippen LogP contribution in [0.25, 0.3) is 0 Å². The van der Waals surface area contributed by atoms with Gasteiger partial charge in [0.05, 0.1) is 6.54 Å². The first kappa shape index (κ1) is 10.1. The summed E-state index contributed by atoms with van der Waals surface area (Å²) in [5.41, 5.74) is 5.15. The average Bonchev–Trinajstić information content (AvgIpc) is 1.87. The lowest BCUT2D eigenvalue weighted by Gasteiger charge is -2.13. The molecule has 0 bridgehead atoms. The molecule has 11 heavy (non-hydrogen) atoms. The fourth-order valence-corrected chi connectivity index (χ4v) is 0.603. The van der Waals surface area contributed by atoms with E-state index in [1.807, 2.05) is 0 Å². The molecule has 0 spiro atoms. The highest BCUT2D eigenvalue weighted by Crippen LogP contribution is 1.87. The van der Waals surface area contributed by atoms with E-state index in [1.54, 1.807) is 0 Å². The molecule has 0 rings (SSSR count). The molecule has 0 heterocycles. The Morgan fingerprint density at radius 2 is 2.36 bits per heavy atom. The summed E-state index contributed by atoms with van der Waals surface area (Å²) < 4.78 is 0. The van der Waals surface area contributed by atoms with Crippen LogP contribution in [0.15, 0.2) is 0 Å². The Balaban J connectivity index is 3.67. The lowest BCUT2D eigenvalue weighted by atomic mass is 10.4. The minimum Gasteiger partial charge on any atom is -0.480 e. The summed E-state index contributed by atoms with van der Waals surface area (Å²) in [5.74, 6) is -0.995. The van der Waals surface area contributed by atoms with Gasteiger partial charge in [0.2, 0.25) is 6.29 Å². The summed E-state index contributed by atoms with van der Waals surface area (Å²) in [6.45, 7) is 1.49. The van der Waals surface area contributed by atoms with E-state index >= 15 is 0 Å². The van der Waals surface area contributed by atoms with E-state index in [0.29, 0.717) is 13.1 Å². The predicted octanol–water partition coefficient (Wildman–Crippen LogP) is -1.40. The molecule has 62 valence electrons. The Morgan fingerprint density at radius 1 is 1.73 bits per heavy atom. The molecule has 0 aliphatic rings. The van der Waals surface area contributed by atoms with Gasteiger partial charge in [-0.3, -0.25) is 14.5 Å². The third-order valence-electron chi connectivity index (χ3n) is 0.990. The van der Waals surface area contributed by atoms with Gasteiger partial charge in [-0.05, 0) is 0 Å². The first-order chi connectivity index (χ1) is 5.20. The van der Waals surface area contributed by atoms with Crippen LogP contribution < -0.4 is 5.73 Å². The number of carbonyl (C=O) groups is 1. The number of carboxylic acid groups (broad SMARTS) is 1. The lowest BCUT2D eigenvalue weighted by molar-refractivity contribution is -0.137. The summed E-state index contributed by atoms with van der Waals surface area (Å²) in [4.78, 5) is 21.2. The first-order valence-corrected chi connectivity index (χ1v) is 3.07. The van der Waals surface area contributed by atoms with Gasteiger partial charge in [-0.15, -0.1) is 0 Å². The molecule has 0 amide bonds. The van der Waals surface area contributed by atoms with Crippen molar-refractivity contribution >= 4 is 12.3 Å². The van der Waals surface area contributed by atoms with E-state index in [2.05, 4.69) is 0 Å². The van der Waals surface area contributed by atoms with Crippen LogP contribution in [0, 0.1) is 6.54 Å². The van der Waals surface area contributed by atoms with Crippen molar-refractivity contribution in [2.45, 2.75) is 0 Å². The predicted molar refractivity (Wildman–Crippen MR) is 38.3 cm³/mol. The standard InChI is InChI=1S/C6H10N2O3/c7-1-2-8(3-4-9)5-6(10)11/h3H,1-2,5,7H2,(H,10,11). The Bertz CT molecular complexity index is 138. The number of aliphatic carboxylic acids is 1. The molecule has 0 saturated heterocycles. The second kappa shape index (κ2) is 5.82. The van der Waals surface area contributed by atoms with E-state index in [9.17, 15) is 9.59 Å². The molecular formula is C6H10N2O3. The van der Waals surface area contributed by atoms with Crippen molar-refractivity contribution in [3.63, 3.8) is 0 Å². The molecule has 0 saturated carbocycles. The van der Waals surface area contributed by atoms with E-state index in [1.165, 1.54) is 11.2 Å². The first-order valence-electron chi connectivity index (χ1n) is 3.07. The maximum Gasteiger partial charge on any atom is 0.317 e. The van der Waals surface area contributed by atoms with Crippen LogP contribution in [0.4, 0.5) is 0 Å². The molecule has 0 aromatic carbocycles. The van der Waals surface area contributed by atoms with Gasteiger partial charge in [0.15, 0.2) is 0 Å². The second-order valence-corrected chi connectivity index (χ2v) is 1.90. The average molecular weight is 158 g/mol. The molecule has 5 heteroatoms. The van der Waals surface area contributed by atoms with E-state index in [4.69, 9.17) is 10.8 Å². The molecule has 0 aliphatic heterocycles. The fourth-order valence-electron chi connectivity index (χ4n) is 0.603. The summed E-state index contributed by atoms with van der Waals surface area (Å²) in [7, 11) is 0. The largest absolute Gasteiger partial charge is 0.480 e. The molecule has 0 aliphatic carbocycles. The van der Waals surface area contributed by atoms with Crippen LogP contribution in [-0.2, 0) is 9.59 Å². The van der Waals surface area contributed by atoms with E-state index in [0.717, 1.165) is 6.54 Å². The fraction of sp³-hybridized carbons (Fsp3) is 0.500. The van der Waals surface area contributed by atoms with Crippen molar-refractivity contribution in [2.75, 3.05) is 19.6 Å². The van der Waals surface area contributed by atoms with Crippen molar-refractivity contribution in [2.24, 2.45) is 5.73 Å². The summed E-state index contributed by atoms with van der Waals surface area (Å²) in [5, 5.41) is 8.30. The highest BCUT2D eigenvalue weighted by Gasteiger charge is 2.07. The van der Waals surface area contributed by atoms with Gasteiger partial charge in [-0.1, -0.05) is 0 Å². The Labute approximate surface area is 64.8 Å². The normalized spacial score (nSPS) is 10.0. The van der Waals surface area contributed by atoms with Crippen molar-refractivity contribution in [3.8, 4) is 0 Å². The van der Waals surface area contributed by atoms with Gasteiger partial charge < -0.3 is 10.8 Å². The summed E-state index contributed by atoms with van der Waals surface area (Å²) in [6.07, 6.45) is 1.49. The maximum absolute atomic E-state index is 10.1. The third-order valence-corrected chi connectivity index (χ3v) is 0.990. The maximum atomic E-state index is 10.1. The Hall–Kier alpha value is -0.940. The molecule has 5 nitrogen and oxygen atoms in total. The summed E-state index contributed by atoms with van der Waals surface area (Å²) in [6, 6.07) is 0. The zero-order valence-corrected chi connectivity index (χ0v) is 5.99. The zero-order valence-electron chi connectivity index (χ0n) is 5.99. The number of hydrogen-bond donors (Lipinski definition) is 2. The number of carboxylic acids is 1. The SMILES string of the molecule is NCCN([CH][C]=O)CC(=O)O. The molecule has 0 aromatic heterocycles. The minimum absolute atomic E-state index is 0.216. The number of carbonyl (C=O) groups excluding carboxylic acids is 1. The van der Waals surface area contributed by atoms with Gasteiger partial charge in [0.1, 0.15) is 6.54 Å². The topological polar surface area (TPSA) is 83.6 Å². The van der Waals surface area contributed by atoms with Gasteiger partial charge in [-0.2, -0.15) is 0 Å². The van der Waals surface area contributed by atoms with Crippen molar-refractivity contribution < 1.29 is 14.7 Å². The molecule has 0 fully saturated rings. The number of nitrogens with two attached hydrogens (primary N) is 1. The Kier molecular flexibility index (Phi) is 5.32. The van der Waals surface area contributed by atoms with Crippen LogP contribution in [0.1, 0.15) is 0 Å². The number of nitrogens with zero attached hydrogens (tertiary/aromatic N) is 1. The smallest absolute Gasteiger partial charge is 0.317 e. The lowest BCUT2D eigenvalue weighted by Crippen LogP contribution is -2.32. The minimum atomic E-state index is -0.995. The van der Waals surface area contributed by atoms with Crippen molar-refractivity contribution in [3.05, 3.63) is 6.54 Å². The third kappa shape index (κ3) is 5.50. The van der Waals surface area contributed by atoms with Crippen LogP contribution in [-0.4, -0.2) is 41.9 Å². The van der Waals surface area contributed by atoms with Gasteiger partial charge >= 0.3 is 5.97 Å². The van der Waals surface area contributed by atoms with Crippen molar-refractivity contribution in [1.82, 2.24) is 4.90 Å². The van der Waals surface area contributed by atoms with Crippen molar-refractivity contribution in [1.29, 1.82) is 0 Å². The van der Waals surface area contributed by atoms with Gasteiger partial charge in [-0.25, -0.2) is 0 Å².